The molecular weight excluding hydrogens is 358 g/mol. The second-order valence-corrected chi connectivity index (χ2v) is 7.49. The first-order valence-electron chi connectivity index (χ1n) is 9.88. The number of carbonyl (C=O) groups is 2. The zero-order valence-electron chi connectivity index (χ0n) is 15.8. The molecule has 8 heteroatoms. The van der Waals surface area contributed by atoms with Gasteiger partial charge in [0.15, 0.2) is 0 Å². The van der Waals surface area contributed by atoms with Crippen molar-refractivity contribution in [3.05, 3.63) is 36.2 Å². The molecule has 0 aliphatic carbocycles. The van der Waals surface area contributed by atoms with E-state index < -0.39 is 0 Å². The van der Waals surface area contributed by atoms with Gasteiger partial charge in [0.25, 0.3) is 5.91 Å². The molecule has 1 aromatic carbocycles. The molecule has 0 saturated carbocycles. The topological polar surface area (TPSA) is 100 Å². The second kappa shape index (κ2) is 8.52. The summed E-state index contributed by atoms with van der Waals surface area (Å²) >= 11 is 0. The van der Waals surface area contributed by atoms with Gasteiger partial charge in [-0.3, -0.25) is 9.59 Å². The number of rotatable bonds is 5. The van der Waals surface area contributed by atoms with Crippen molar-refractivity contribution < 1.29 is 14.1 Å². The summed E-state index contributed by atoms with van der Waals surface area (Å²) in [6, 6.07) is 7.19. The maximum Gasteiger partial charge on any atom is 0.253 e. The minimum atomic E-state index is -0.0564. The molecule has 2 N–H and O–H groups in total. The lowest BCUT2D eigenvalue weighted by atomic mass is 9.97. The molecule has 2 aliphatic rings. The molecule has 1 aromatic heterocycles. The Hall–Kier alpha value is -2.74. The predicted octanol–water partition coefficient (Wildman–Crippen LogP) is 1.46. The van der Waals surface area contributed by atoms with Gasteiger partial charge in [0.2, 0.25) is 18.1 Å². The van der Waals surface area contributed by atoms with Crippen LogP contribution in [-0.4, -0.2) is 59.1 Å². The fourth-order valence-electron chi connectivity index (χ4n) is 3.93. The third kappa shape index (κ3) is 4.22. The summed E-state index contributed by atoms with van der Waals surface area (Å²) in [5.74, 6) is 0.900. The average Bonchev–Trinajstić information content (AvgIpc) is 3.46. The van der Waals surface area contributed by atoms with Gasteiger partial charge in [0.1, 0.15) is 0 Å². The number of nitrogens with zero attached hydrogens (tertiary/aromatic N) is 3. The van der Waals surface area contributed by atoms with Crippen molar-refractivity contribution in [2.75, 3.05) is 26.2 Å². The number of hydrogen-bond acceptors (Lipinski definition) is 6. The number of aromatic nitrogens is 2. The Labute approximate surface area is 163 Å². The molecule has 2 aliphatic heterocycles. The van der Waals surface area contributed by atoms with Crippen molar-refractivity contribution >= 4 is 11.8 Å². The number of likely N-dealkylation sites (tertiary alicyclic amines) is 1. The Bertz CT molecular complexity index is 800. The average molecular weight is 383 g/mol. The summed E-state index contributed by atoms with van der Waals surface area (Å²) in [6.07, 6.45) is 5.22. The number of piperidine rings is 1. The van der Waals surface area contributed by atoms with E-state index in [-0.39, 0.29) is 17.9 Å². The summed E-state index contributed by atoms with van der Waals surface area (Å²) in [5, 5.41) is 10.1. The summed E-state index contributed by atoms with van der Waals surface area (Å²) in [5.41, 5.74) is 1.46. The molecule has 0 radical (unpaired) electrons. The van der Waals surface area contributed by atoms with Crippen LogP contribution in [0.2, 0.25) is 0 Å². The van der Waals surface area contributed by atoms with E-state index in [2.05, 4.69) is 20.8 Å². The van der Waals surface area contributed by atoms with Gasteiger partial charge in [-0.1, -0.05) is 17.3 Å². The van der Waals surface area contributed by atoms with Crippen LogP contribution in [-0.2, 0) is 4.79 Å². The fraction of sp³-hybridized carbons (Fsp3) is 0.500. The van der Waals surface area contributed by atoms with Crippen molar-refractivity contribution in [2.24, 2.45) is 5.92 Å². The van der Waals surface area contributed by atoms with Crippen molar-refractivity contribution in [1.29, 1.82) is 0 Å². The molecule has 148 valence electrons. The molecule has 0 bridgehead atoms. The van der Waals surface area contributed by atoms with Gasteiger partial charge in [-0.05, 0) is 50.3 Å². The summed E-state index contributed by atoms with van der Waals surface area (Å²) in [4.78, 5) is 31.0. The van der Waals surface area contributed by atoms with E-state index >= 15 is 0 Å². The number of nitrogens with one attached hydrogen (secondary N) is 2. The molecular formula is C20H25N5O3. The lowest BCUT2D eigenvalue weighted by Crippen LogP contribution is -2.46. The van der Waals surface area contributed by atoms with E-state index in [0.29, 0.717) is 30.4 Å². The minimum absolute atomic E-state index is 0.0214. The molecule has 0 spiro atoms. The van der Waals surface area contributed by atoms with Crippen LogP contribution in [0.25, 0.3) is 11.4 Å². The lowest BCUT2D eigenvalue weighted by Gasteiger charge is -2.33. The Morgan fingerprint density at radius 1 is 1.21 bits per heavy atom. The van der Waals surface area contributed by atoms with Crippen molar-refractivity contribution in [3.8, 4) is 11.4 Å². The highest BCUT2D eigenvalue weighted by atomic mass is 16.5. The molecule has 2 fully saturated rings. The van der Waals surface area contributed by atoms with E-state index in [4.69, 9.17) is 4.52 Å². The molecule has 8 nitrogen and oxygen atoms in total. The standard InChI is InChI=1S/C20H25N5O3/c26-19(17-4-1-9-21-17)22-11-14-3-2-10-25(12-14)20(27)16-7-5-15(6-8-16)18-23-13-28-24-18/h5-8,13-14,17,21H,1-4,9-12H2,(H,22,26). The third-order valence-electron chi connectivity index (χ3n) is 5.50. The van der Waals surface area contributed by atoms with Gasteiger partial charge in [0.05, 0.1) is 6.04 Å². The Kier molecular flexibility index (Phi) is 5.66. The lowest BCUT2D eigenvalue weighted by molar-refractivity contribution is -0.123. The van der Waals surface area contributed by atoms with Gasteiger partial charge in [-0.2, -0.15) is 4.98 Å². The normalized spacial score (nSPS) is 22.2. The van der Waals surface area contributed by atoms with Crippen LogP contribution >= 0.6 is 0 Å². The first-order chi connectivity index (χ1) is 13.7. The maximum atomic E-state index is 12.9. The number of hydrogen-bond donors (Lipinski definition) is 2. The van der Waals surface area contributed by atoms with Gasteiger partial charge >= 0.3 is 0 Å². The van der Waals surface area contributed by atoms with Gasteiger partial charge in [-0.15, -0.1) is 0 Å². The monoisotopic (exact) mass is 383 g/mol. The zero-order chi connectivity index (χ0) is 19.3. The van der Waals surface area contributed by atoms with Gasteiger partial charge < -0.3 is 20.1 Å². The quantitative estimate of drug-likeness (QED) is 0.811. The highest BCUT2D eigenvalue weighted by molar-refractivity contribution is 5.94. The van der Waals surface area contributed by atoms with Gasteiger partial charge in [0, 0.05) is 30.8 Å². The van der Waals surface area contributed by atoms with E-state index in [1.807, 2.05) is 17.0 Å². The fourth-order valence-corrected chi connectivity index (χ4v) is 3.93. The van der Waals surface area contributed by atoms with E-state index in [0.717, 1.165) is 44.3 Å². The highest BCUT2D eigenvalue weighted by Gasteiger charge is 2.27. The van der Waals surface area contributed by atoms with Crippen molar-refractivity contribution in [3.63, 3.8) is 0 Å². The number of amides is 2. The smallest absolute Gasteiger partial charge is 0.253 e. The predicted molar refractivity (Wildman–Crippen MR) is 102 cm³/mol. The summed E-state index contributed by atoms with van der Waals surface area (Å²) < 4.78 is 4.76. The molecule has 2 amide bonds. The van der Waals surface area contributed by atoms with Crippen LogP contribution in [0.3, 0.4) is 0 Å². The van der Waals surface area contributed by atoms with E-state index in [1.54, 1.807) is 12.1 Å². The van der Waals surface area contributed by atoms with Crippen LogP contribution in [0.15, 0.2) is 35.2 Å². The molecule has 28 heavy (non-hydrogen) atoms. The first-order valence-corrected chi connectivity index (χ1v) is 9.88. The van der Waals surface area contributed by atoms with Crippen LogP contribution < -0.4 is 10.6 Å². The highest BCUT2D eigenvalue weighted by Crippen LogP contribution is 2.20. The van der Waals surface area contributed by atoms with Crippen LogP contribution in [0, 0.1) is 5.92 Å². The molecule has 4 rings (SSSR count). The zero-order valence-corrected chi connectivity index (χ0v) is 15.8. The molecule has 2 atom stereocenters. The molecule has 2 aromatic rings. The molecule has 3 heterocycles. The molecule has 2 saturated heterocycles. The van der Waals surface area contributed by atoms with Gasteiger partial charge in [-0.25, -0.2) is 0 Å². The third-order valence-corrected chi connectivity index (χ3v) is 5.50. The Morgan fingerprint density at radius 3 is 2.79 bits per heavy atom. The Morgan fingerprint density at radius 2 is 2.07 bits per heavy atom. The van der Waals surface area contributed by atoms with Crippen molar-refractivity contribution in [2.45, 2.75) is 31.7 Å². The first kappa shape index (κ1) is 18.6. The SMILES string of the molecule is O=C(NCC1CCCN(C(=O)c2ccc(-c3ncon3)cc2)C1)C1CCCN1. The summed E-state index contributed by atoms with van der Waals surface area (Å²) in [7, 11) is 0. The van der Waals surface area contributed by atoms with Crippen LogP contribution in [0.4, 0.5) is 0 Å². The van der Waals surface area contributed by atoms with Crippen molar-refractivity contribution in [1.82, 2.24) is 25.7 Å². The number of benzene rings is 1. The summed E-state index contributed by atoms with van der Waals surface area (Å²) in [6.45, 7) is 2.96. The largest absolute Gasteiger partial charge is 0.354 e. The van der Waals surface area contributed by atoms with Crippen LogP contribution in [0.5, 0.6) is 0 Å². The molecule has 2 unspecified atom stereocenters. The Balaban J connectivity index is 1.32. The minimum Gasteiger partial charge on any atom is -0.354 e. The second-order valence-electron chi connectivity index (χ2n) is 7.49. The van der Waals surface area contributed by atoms with E-state index in [9.17, 15) is 9.59 Å². The number of carbonyl (C=O) groups excluding carboxylic acids is 2. The van der Waals surface area contributed by atoms with E-state index in [1.165, 1.54) is 6.39 Å². The van der Waals surface area contributed by atoms with Crippen LogP contribution in [0.1, 0.15) is 36.0 Å². The maximum absolute atomic E-state index is 12.9.